The minimum atomic E-state index is -0.240. The third kappa shape index (κ3) is 2.06. The SMILES string of the molecule is C/C=C(/NC=S)c1c(O)n2n(c1=O)CCOCC2. The number of thiocarbonyl (C=S) groups is 1. The zero-order valence-corrected chi connectivity index (χ0v) is 10.9. The third-order valence-corrected chi connectivity index (χ3v) is 2.99. The molecule has 0 saturated heterocycles. The smallest absolute Gasteiger partial charge is 0.280 e. The Labute approximate surface area is 109 Å². The maximum Gasteiger partial charge on any atom is 0.280 e. The minimum Gasteiger partial charge on any atom is -0.493 e. The molecule has 1 aliphatic heterocycles. The van der Waals surface area contributed by atoms with E-state index in [1.54, 1.807) is 17.7 Å². The highest BCUT2D eigenvalue weighted by Crippen LogP contribution is 2.21. The molecule has 7 heteroatoms. The predicted octanol–water partition coefficient (Wildman–Crippen LogP) is 0.293. The lowest BCUT2D eigenvalue weighted by atomic mass is 10.2. The number of aromatic nitrogens is 2. The molecule has 0 bridgehead atoms. The number of nitrogens with one attached hydrogen (secondary N) is 1. The fourth-order valence-electron chi connectivity index (χ4n) is 2.03. The molecular formula is C11H15N3O3S. The van der Waals surface area contributed by atoms with Gasteiger partial charge in [0.15, 0.2) is 0 Å². The zero-order chi connectivity index (χ0) is 13.1. The maximum absolute atomic E-state index is 12.3. The summed E-state index contributed by atoms with van der Waals surface area (Å²) in [7, 11) is 0. The molecule has 18 heavy (non-hydrogen) atoms. The van der Waals surface area contributed by atoms with Crippen LogP contribution in [0, 0.1) is 0 Å². The van der Waals surface area contributed by atoms with Gasteiger partial charge in [-0.25, -0.2) is 9.36 Å². The summed E-state index contributed by atoms with van der Waals surface area (Å²) in [6, 6.07) is 0. The van der Waals surface area contributed by atoms with E-state index in [1.165, 1.54) is 10.2 Å². The number of allylic oxidation sites excluding steroid dienone is 1. The molecule has 1 aromatic rings. The first-order valence-corrected chi connectivity index (χ1v) is 6.15. The fraction of sp³-hybridized carbons (Fsp3) is 0.455. The third-order valence-electron chi connectivity index (χ3n) is 2.88. The van der Waals surface area contributed by atoms with Gasteiger partial charge in [-0.2, -0.15) is 0 Å². The van der Waals surface area contributed by atoms with Gasteiger partial charge in [-0.3, -0.25) is 4.79 Å². The van der Waals surface area contributed by atoms with Gasteiger partial charge in [0.05, 0.1) is 37.5 Å². The van der Waals surface area contributed by atoms with Gasteiger partial charge in [-0.15, -0.1) is 0 Å². The molecule has 98 valence electrons. The van der Waals surface area contributed by atoms with E-state index in [9.17, 15) is 9.90 Å². The highest BCUT2D eigenvalue weighted by atomic mass is 32.1. The molecule has 0 spiro atoms. The highest BCUT2D eigenvalue weighted by molar-refractivity contribution is 7.78. The van der Waals surface area contributed by atoms with E-state index >= 15 is 0 Å². The van der Waals surface area contributed by atoms with Crippen LogP contribution in [-0.4, -0.2) is 33.2 Å². The lowest BCUT2D eigenvalue weighted by Gasteiger charge is -2.06. The second kappa shape index (κ2) is 5.36. The number of hydrogen-bond donors (Lipinski definition) is 2. The molecule has 0 unspecified atom stereocenters. The van der Waals surface area contributed by atoms with E-state index in [2.05, 4.69) is 5.32 Å². The number of hydrogen-bond acceptors (Lipinski definition) is 4. The van der Waals surface area contributed by atoms with Crippen LogP contribution < -0.4 is 10.9 Å². The zero-order valence-electron chi connectivity index (χ0n) is 10.0. The molecule has 0 aliphatic carbocycles. The van der Waals surface area contributed by atoms with Gasteiger partial charge < -0.3 is 15.2 Å². The van der Waals surface area contributed by atoms with Crippen molar-refractivity contribution in [3.8, 4) is 5.88 Å². The number of fused-ring (bicyclic) bond motifs is 1. The molecular weight excluding hydrogens is 254 g/mol. The number of ether oxygens (including phenoxy) is 1. The van der Waals surface area contributed by atoms with Gasteiger partial charge in [0.25, 0.3) is 5.56 Å². The van der Waals surface area contributed by atoms with Crippen molar-refractivity contribution in [1.82, 2.24) is 14.7 Å². The van der Waals surface area contributed by atoms with Crippen molar-refractivity contribution < 1.29 is 9.84 Å². The van der Waals surface area contributed by atoms with Gasteiger partial charge in [-0.1, -0.05) is 18.3 Å². The molecule has 0 aromatic carbocycles. The van der Waals surface area contributed by atoms with Crippen LogP contribution in [0.3, 0.4) is 0 Å². The molecule has 0 fully saturated rings. The number of aromatic hydroxyl groups is 1. The van der Waals surface area contributed by atoms with Crippen molar-refractivity contribution in [2.24, 2.45) is 0 Å². The molecule has 0 saturated carbocycles. The molecule has 0 amide bonds. The highest BCUT2D eigenvalue weighted by Gasteiger charge is 2.22. The quantitative estimate of drug-likeness (QED) is 0.772. The van der Waals surface area contributed by atoms with E-state index in [0.717, 1.165) is 0 Å². The Balaban J connectivity index is 2.56. The normalized spacial score (nSPS) is 15.9. The first-order valence-electron chi connectivity index (χ1n) is 5.68. The van der Waals surface area contributed by atoms with Gasteiger partial charge in [0.2, 0.25) is 5.88 Å². The Hall–Kier alpha value is -1.60. The molecule has 2 N–H and O–H groups in total. The molecule has 2 rings (SSSR count). The van der Waals surface area contributed by atoms with Crippen molar-refractivity contribution in [3.05, 3.63) is 22.0 Å². The van der Waals surface area contributed by atoms with Crippen molar-refractivity contribution >= 4 is 23.4 Å². The number of rotatable bonds is 3. The van der Waals surface area contributed by atoms with E-state index < -0.39 is 0 Å². The molecule has 1 aliphatic rings. The van der Waals surface area contributed by atoms with Crippen molar-refractivity contribution in [1.29, 1.82) is 0 Å². The van der Waals surface area contributed by atoms with Crippen molar-refractivity contribution in [3.63, 3.8) is 0 Å². The maximum atomic E-state index is 12.3. The monoisotopic (exact) mass is 269 g/mol. The summed E-state index contributed by atoms with van der Waals surface area (Å²) in [6.07, 6.45) is 1.70. The van der Waals surface area contributed by atoms with E-state index in [1.807, 2.05) is 0 Å². The van der Waals surface area contributed by atoms with Gasteiger partial charge in [0.1, 0.15) is 5.56 Å². The van der Waals surface area contributed by atoms with Crippen LogP contribution in [0.1, 0.15) is 12.5 Å². The predicted molar refractivity (Wildman–Crippen MR) is 71.6 cm³/mol. The van der Waals surface area contributed by atoms with Crippen LogP contribution in [0.25, 0.3) is 5.70 Å². The summed E-state index contributed by atoms with van der Waals surface area (Å²) in [6.45, 7) is 3.61. The first kappa shape index (κ1) is 12.8. The fourth-order valence-corrected chi connectivity index (χ4v) is 2.16. The average Bonchev–Trinajstić information content (AvgIpc) is 2.58. The largest absolute Gasteiger partial charge is 0.493 e. The second-order valence-corrected chi connectivity index (χ2v) is 4.06. The number of nitrogens with zero attached hydrogens (tertiary/aromatic N) is 2. The van der Waals surface area contributed by atoms with Crippen LogP contribution >= 0.6 is 12.2 Å². The average molecular weight is 269 g/mol. The van der Waals surface area contributed by atoms with Crippen molar-refractivity contribution in [2.75, 3.05) is 13.2 Å². The van der Waals surface area contributed by atoms with Crippen LogP contribution in [0.4, 0.5) is 0 Å². The molecule has 0 atom stereocenters. The van der Waals surface area contributed by atoms with Gasteiger partial charge in [0, 0.05) is 0 Å². The molecule has 0 radical (unpaired) electrons. The molecule has 1 aromatic heterocycles. The standard InChI is InChI=1S/C11H15N3O3S/c1-2-8(12-7-18)9-10(15)13-3-5-17-6-4-14(13)11(9)16/h2,7,15H,3-6H2,1H3,(H,12,18)/b8-2+. The lowest BCUT2D eigenvalue weighted by Crippen LogP contribution is -2.25. The van der Waals surface area contributed by atoms with Crippen LogP contribution in [0.5, 0.6) is 5.88 Å². The summed E-state index contributed by atoms with van der Waals surface area (Å²) >= 11 is 4.72. The van der Waals surface area contributed by atoms with Gasteiger partial charge >= 0.3 is 0 Å². The summed E-state index contributed by atoms with van der Waals surface area (Å²) in [5.74, 6) is -0.0528. The summed E-state index contributed by atoms with van der Waals surface area (Å²) in [5.41, 5.74) is 1.84. The topological polar surface area (TPSA) is 68.4 Å². The minimum absolute atomic E-state index is 0.0528. The van der Waals surface area contributed by atoms with Crippen LogP contribution in [0.15, 0.2) is 10.9 Å². The molecule has 2 heterocycles. The lowest BCUT2D eigenvalue weighted by molar-refractivity contribution is 0.137. The van der Waals surface area contributed by atoms with Crippen LogP contribution in [-0.2, 0) is 17.8 Å². The van der Waals surface area contributed by atoms with Gasteiger partial charge in [-0.05, 0) is 6.92 Å². The van der Waals surface area contributed by atoms with E-state index in [-0.39, 0.29) is 17.0 Å². The Bertz CT molecular complexity index is 544. The Morgan fingerprint density at radius 2 is 2.11 bits per heavy atom. The second-order valence-electron chi connectivity index (χ2n) is 3.83. The summed E-state index contributed by atoms with van der Waals surface area (Å²) < 4.78 is 8.31. The summed E-state index contributed by atoms with van der Waals surface area (Å²) in [4.78, 5) is 12.3. The Morgan fingerprint density at radius 3 is 2.72 bits per heavy atom. The first-order chi connectivity index (χ1) is 8.70. The Morgan fingerprint density at radius 1 is 1.44 bits per heavy atom. The summed E-state index contributed by atoms with van der Waals surface area (Å²) in [5, 5.41) is 13.0. The van der Waals surface area contributed by atoms with E-state index in [4.69, 9.17) is 17.0 Å². The van der Waals surface area contributed by atoms with Crippen molar-refractivity contribution in [2.45, 2.75) is 20.0 Å². The van der Waals surface area contributed by atoms with Crippen LogP contribution in [0.2, 0.25) is 0 Å². The Kier molecular flexibility index (Phi) is 3.83. The molecule has 6 nitrogen and oxygen atoms in total. The van der Waals surface area contributed by atoms with E-state index in [0.29, 0.717) is 32.0 Å².